The summed E-state index contributed by atoms with van der Waals surface area (Å²) < 4.78 is 0. The van der Waals surface area contributed by atoms with Crippen molar-refractivity contribution in [3.05, 3.63) is 0 Å². The topological polar surface area (TPSA) is 69.6 Å². The lowest BCUT2D eigenvalue weighted by Crippen LogP contribution is -2.48. The Morgan fingerprint density at radius 2 is 2.21 bits per heavy atom. The van der Waals surface area contributed by atoms with E-state index in [9.17, 15) is 9.59 Å². The van der Waals surface area contributed by atoms with Gasteiger partial charge < -0.3 is 15.3 Å². The van der Waals surface area contributed by atoms with Crippen LogP contribution in [0.2, 0.25) is 0 Å². The number of likely N-dealkylation sites (tertiary alicyclic amines) is 1. The van der Waals surface area contributed by atoms with E-state index in [0.29, 0.717) is 18.9 Å². The summed E-state index contributed by atoms with van der Waals surface area (Å²) in [7, 11) is 0. The molecule has 1 aliphatic rings. The number of hydrogen-bond acceptors (Lipinski definition) is 2. The van der Waals surface area contributed by atoms with Crippen LogP contribution in [0.5, 0.6) is 0 Å². The molecule has 1 fully saturated rings. The number of hydrogen-bond donors (Lipinski definition) is 2. The average molecular weight is 270 g/mol. The predicted octanol–water partition coefficient (Wildman–Crippen LogP) is 2.46. The third-order valence-corrected chi connectivity index (χ3v) is 3.66. The van der Waals surface area contributed by atoms with E-state index in [1.54, 1.807) is 0 Å². The second kappa shape index (κ2) is 8.02. The summed E-state index contributed by atoms with van der Waals surface area (Å²) in [6.07, 6.45) is 4.92. The molecule has 5 nitrogen and oxygen atoms in total. The highest BCUT2D eigenvalue weighted by Crippen LogP contribution is 2.21. The lowest BCUT2D eigenvalue weighted by molar-refractivity contribution is -0.137. The van der Waals surface area contributed by atoms with Gasteiger partial charge in [-0.05, 0) is 38.5 Å². The normalized spacial score (nSPS) is 20.9. The van der Waals surface area contributed by atoms with Gasteiger partial charge in [0.25, 0.3) is 0 Å². The molecule has 2 N–H and O–H groups in total. The molecule has 2 unspecified atom stereocenters. The van der Waals surface area contributed by atoms with Crippen molar-refractivity contribution in [2.45, 2.75) is 58.4 Å². The van der Waals surface area contributed by atoms with Gasteiger partial charge in [0.05, 0.1) is 0 Å². The number of aliphatic carboxylic acids is 1. The van der Waals surface area contributed by atoms with Crippen molar-refractivity contribution in [2.24, 2.45) is 5.92 Å². The molecule has 0 spiro atoms. The molecule has 0 radical (unpaired) electrons. The standard InChI is InChI=1S/C14H26N2O3/c1-3-5-11(2)15-14(19)16-9-4-6-12(10-16)7-8-13(17)18/h11-12H,3-10H2,1-2H3,(H,15,19)(H,17,18). The van der Waals surface area contributed by atoms with Crippen LogP contribution in [0.3, 0.4) is 0 Å². The molecular formula is C14H26N2O3. The van der Waals surface area contributed by atoms with Gasteiger partial charge in [-0.3, -0.25) is 4.79 Å². The van der Waals surface area contributed by atoms with E-state index in [0.717, 1.165) is 32.2 Å². The minimum Gasteiger partial charge on any atom is -0.481 e. The van der Waals surface area contributed by atoms with Crippen LogP contribution in [0.25, 0.3) is 0 Å². The molecule has 0 aromatic heterocycles. The monoisotopic (exact) mass is 270 g/mol. The zero-order chi connectivity index (χ0) is 14.3. The largest absolute Gasteiger partial charge is 0.481 e. The van der Waals surface area contributed by atoms with Crippen LogP contribution >= 0.6 is 0 Å². The second-order valence-corrected chi connectivity index (χ2v) is 5.53. The Morgan fingerprint density at radius 1 is 1.47 bits per heavy atom. The molecule has 110 valence electrons. The molecule has 1 rings (SSSR count). The molecule has 1 heterocycles. The molecule has 0 aliphatic carbocycles. The first kappa shape index (κ1) is 15.8. The van der Waals surface area contributed by atoms with Crippen LogP contribution < -0.4 is 5.32 Å². The number of urea groups is 1. The molecule has 0 bridgehead atoms. The SMILES string of the molecule is CCCC(C)NC(=O)N1CCCC(CCC(=O)O)C1. The Labute approximate surface area is 115 Å². The first-order valence-electron chi connectivity index (χ1n) is 7.30. The van der Waals surface area contributed by atoms with E-state index in [4.69, 9.17) is 5.11 Å². The van der Waals surface area contributed by atoms with Crippen molar-refractivity contribution in [1.82, 2.24) is 10.2 Å². The summed E-state index contributed by atoms with van der Waals surface area (Å²) in [6, 6.07) is 0.206. The second-order valence-electron chi connectivity index (χ2n) is 5.53. The molecule has 0 aromatic carbocycles. The van der Waals surface area contributed by atoms with Crippen LogP contribution in [0.4, 0.5) is 4.79 Å². The Morgan fingerprint density at radius 3 is 2.84 bits per heavy atom. The summed E-state index contributed by atoms with van der Waals surface area (Å²) >= 11 is 0. The lowest BCUT2D eigenvalue weighted by atomic mass is 9.93. The molecule has 19 heavy (non-hydrogen) atoms. The summed E-state index contributed by atoms with van der Waals surface area (Å²) in [5.41, 5.74) is 0. The van der Waals surface area contributed by atoms with Crippen molar-refractivity contribution in [3.8, 4) is 0 Å². The fraction of sp³-hybridized carbons (Fsp3) is 0.857. The summed E-state index contributed by atoms with van der Waals surface area (Å²) in [5.74, 6) is -0.421. The number of piperidine rings is 1. The van der Waals surface area contributed by atoms with Crippen molar-refractivity contribution >= 4 is 12.0 Å². The fourth-order valence-corrected chi connectivity index (χ4v) is 2.62. The highest BCUT2D eigenvalue weighted by molar-refractivity contribution is 5.74. The van der Waals surface area contributed by atoms with E-state index >= 15 is 0 Å². The van der Waals surface area contributed by atoms with Gasteiger partial charge in [-0.25, -0.2) is 4.79 Å². The fourth-order valence-electron chi connectivity index (χ4n) is 2.62. The maximum Gasteiger partial charge on any atom is 0.317 e. The maximum absolute atomic E-state index is 12.1. The molecular weight excluding hydrogens is 244 g/mol. The molecule has 2 atom stereocenters. The van der Waals surface area contributed by atoms with Crippen molar-refractivity contribution < 1.29 is 14.7 Å². The quantitative estimate of drug-likeness (QED) is 0.779. The predicted molar refractivity (Wildman–Crippen MR) is 74.1 cm³/mol. The van der Waals surface area contributed by atoms with Crippen LogP contribution in [0.15, 0.2) is 0 Å². The first-order chi connectivity index (χ1) is 9.02. The van der Waals surface area contributed by atoms with E-state index in [2.05, 4.69) is 12.2 Å². The minimum absolute atomic E-state index is 0.000903. The molecule has 0 saturated carbocycles. The smallest absolute Gasteiger partial charge is 0.317 e. The minimum atomic E-state index is -0.752. The van der Waals surface area contributed by atoms with Gasteiger partial charge in [0.2, 0.25) is 0 Å². The van der Waals surface area contributed by atoms with Crippen molar-refractivity contribution in [2.75, 3.05) is 13.1 Å². The number of nitrogens with zero attached hydrogens (tertiary/aromatic N) is 1. The van der Waals surface area contributed by atoms with Gasteiger partial charge in [-0.1, -0.05) is 13.3 Å². The number of carboxylic acid groups (broad SMARTS) is 1. The lowest BCUT2D eigenvalue weighted by Gasteiger charge is -2.33. The molecule has 5 heteroatoms. The van der Waals surface area contributed by atoms with Gasteiger partial charge in [0.1, 0.15) is 0 Å². The number of carboxylic acids is 1. The Balaban J connectivity index is 2.36. The van der Waals surface area contributed by atoms with Gasteiger partial charge >= 0.3 is 12.0 Å². The zero-order valence-corrected chi connectivity index (χ0v) is 12.0. The van der Waals surface area contributed by atoms with Crippen molar-refractivity contribution in [3.63, 3.8) is 0 Å². The third kappa shape index (κ3) is 5.94. The van der Waals surface area contributed by atoms with Gasteiger partial charge in [0, 0.05) is 25.6 Å². The Kier molecular flexibility index (Phi) is 6.67. The number of carbonyl (C=O) groups is 2. The number of amides is 2. The Hall–Kier alpha value is -1.26. The third-order valence-electron chi connectivity index (χ3n) is 3.66. The van der Waals surface area contributed by atoms with Crippen molar-refractivity contribution in [1.29, 1.82) is 0 Å². The number of carbonyl (C=O) groups excluding carboxylic acids is 1. The highest BCUT2D eigenvalue weighted by Gasteiger charge is 2.24. The zero-order valence-electron chi connectivity index (χ0n) is 12.0. The van der Waals surface area contributed by atoms with E-state index in [-0.39, 0.29) is 18.5 Å². The van der Waals surface area contributed by atoms with Crippen LogP contribution in [0, 0.1) is 5.92 Å². The summed E-state index contributed by atoms with van der Waals surface area (Å²) in [5, 5.41) is 11.7. The maximum atomic E-state index is 12.1. The Bertz CT molecular complexity index is 307. The number of rotatable bonds is 6. The highest BCUT2D eigenvalue weighted by atomic mass is 16.4. The average Bonchev–Trinajstić information content (AvgIpc) is 2.37. The van der Waals surface area contributed by atoms with E-state index < -0.39 is 5.97 Å². The van der Waals surface area contributed by atoms with E-state index in [1.165, 1.54) is 0 Å². The van der Waals surface area contributed by atoms with Gasteiger partial charge in [-0.2, -0.15) is 0 Å². The van der Waals surface area contributed by atoms with Gasteiger partial charge in [-0.15, -0.1) is 0 Å². The van der Waals surface area contributed by atoms with Crippen LogP contribution in [0.1, 0.15) is 52.4 Å². The van der Waals surface area contributed by atoms with E-state index in [1.807, 2.05) is 11.8 Å². The molecule has 0 aromatic rings. The first-order valence-corrected chi connectivity index (χ1v) is 7.30. The summed E-state index contributed by atoms with van der Waals surface area (Å²) in [6.45, 7) is 5.60. The molecule has 1 saturated heterocycles. The molecule has 2 amide bonds. The molecule has 1 aliphatic heterocycles. The number of nitrogens with one attached hydrogen (secondary N) is 1. The van der Waals surface area contributed by atoms with Crippen LogP contribution in [-0.4, -0.2) is 41.1 Å². The van der Waals surface area contributed by atoms with Gasteiger partial charge in [0.15, 0.2) is 0 Å². The summed E-state index contributed by atoms with van der Waals surface area (Å²) in [4.78, 5) is 24.5. The van der Waals surface area contributed by atoms with Crippen LogP contribution in [-0.2, 0) is 4.79 Å².